The van der Waals surface area contributed by atoms with E-state index in [9.17, 15) is 4.79 Å². The number of pyridine rings is 1. The van der Waals surface area contributed by atoms with Crippen LogP contribution in [0.25, 0.3) is 66.5 Å². The maximum absolute atomic E-state index is 13.5. The maximum Gasteiger partial charge on any atom is 0.265 e. The van der Waals surface area contributed by atoms with Gasteiger partial charge in [0.1, 0.15) is 5.52 Å². The van der Waals surface area contributed by atoms with Crippen LogP contribution in [0, 0.1) is 0 Å². The van der Waals surface area contributed by atoms with E-state index in [1.165, 1.54) is 0 Å². The number of benzene rings is 4. The number of aromatic nitrogens is 5. The molecule has 8 rings (SSSR count). The Labute approximate surface area is 216 Å². The molecule has 0 atom stereocenters. The standard InChI is InChI=1S/C32H19N5O/c38-31-24-14-5-8-16-26(24)33-30-29-22(18-19-36(30)31)21-12-6-9-17-27(21)37(29)32-34-25-15-7-4-13-23(25)28(35-32)20-10-2-1-3-11-20/h1-19H. The van der Waals surface area contributed by atoms with E-state index in [4.69, 9.17) is 15.0 Å². The molecule has 6 nitrogen and oxygen atoms in total. The van der Waals surface area contributed by atoms with E-state index in [1.807, 2.05) is 89.6 Å². The summed E-state index contributed by atoms with van der Waals surface area (Å²) in [4.78, 5) is 28.6. The maximum atomic E-state index is 13.5. The van der Waals surface area contributed by atoms with Gasteiger partial charge in [-0.3, -0.25) is 13.8 Å². The largest absolute Gasteiger partial charge is 0.274 e. The summed E-state index contributed by atoms with van der Waals surface area (Å²) in [5.41, 5.74) is 5.59. The molecule has 0 amide bonds. The van der Waals surface area contributed by atoms with Crippen LogP contribution >= 0.6 is 0 Å². The number of para-hydroxylation sites is 3. The van der Waals surface area contributed by atoms with E-state index in [-0.39, 0.29) is 5.56 Å². The predicted octanol–water partition coefficient (Wildman–Crippen LogP) is 6.56. The lowest BCUT2D eigenvalue weighted by atomic mass is 10.1. The third kappa shape index (κ3) is 2.88. The highest BCUT2D eigenvalue weighted by Gasteiger charge is 2.20. The first-order chi connectivity index (χ1) is 18.8. The zero-order valence-corrected chi connectivity index (χ0v) is 20.1. The first-order valence-electron chi connectivity index (χ1n) is 12.4. The second-order valence-corrected chi connectivity index (χ2v) is 9.31. The lowest BCUT2D eigenvalue weighted by Crippen LogP contribution is -2.16. The van der Waals surface area contributed by atoms with Gasteiger partial charge in [-0.2, -0.15) is 0 Å². The number of fused-ring (bicyclic) bond motifs is 7. The summed E-state index contributed by atoms with van der Waals surface area (Å²) in [5.74, 6) is 0.532. The number of hydrogen-bond acceptors (Lipinski definition) is 4. The number of nitrogens with zero attached hydrogens (tertiary/aromatic N) is 5. The Kier molecular flexibility index (Phi) is 4.28. The minimum absolute atomic E-state index is 0.103. The van der Waals surface area contributed by atoms with E-state index < -0.39 is 0 Å². The topological polar surface area (TPSA) is 65.1 Å². The average Bonchev–Trinajstić information content (AvgIpc) is 3.32. The monoisotopic (exact) mass is 489 g/mol. The van der Waals surface area contributed by atoms with E-state index in [0.717, 1.165) is 44.0 Å². The predicted molar refractivity (Wildman–Crippen MR) is 152 cm³/mol. The van der Waals surface area contributed by atoms with E-state index in [0.29, 0.717) is 22.5 Å². The van der Waals surface area contributed by atoms with Gasteiger partial charge >= 0.3 is 0 Å². The molecule has 0 aliphatic rings. The van der Waals surface area contributed by atoms with Crippen molar-refractivity contribution < 1.29 is 0 Å². The smallest absolute Gasteiger partial charge is 0.265 e. The van der Waals surface area contributed by atoms with Crippen molar-refractivity contribution in [3.63, 3.8) is 0 Å². The van der Waals surface area contributed by atoms with Gasteiger partial charge in [-0.15, -0.1) is 0 Å². The molecule has 38 heavy (non-hydrogen) atoms. The summed E-state index contributed by atoms with van der Waals surface area (Å²) in [7, 11) is 0. The Hall–Kier alpha value is -5.36. The number of rotatable bonds is 2. The fraction of sp³-hybridized carbons (Fsp3) is 0. The molecule has 4 aromatic heterocycles. The van der Waals surface area contributed by atoms with Crippen molar-refractivity contribution in [3.8, 4) is 17.2 Å². The molecule has 6 heteroatoms. The van der Waals surface area contributed by atoms with Gasteiger partial charge in [-0.05, 0) is 30.3 Å². The Balaban J connectivity index is 1.58. The first kappa shape index (κ1) is 20.8. The van der Waals surface area contributed by atoms with E-state index >= 15 is 0 Å². The average molecular weight is 490 g/mol. The highest BCUT2D eigenvalue weighted by atomic mass is 16.1. The Morgan fingerprint density at radius 1 is 0.553 bits per heavy atom. The van der Waals surface area contributed by atoms with Crippen LogP contribution in [0.4, 0.5) is 0 Å². The van der Waals surface area contributed by atoms with Crippen LogP contribution in [0.15, 0.2) is 120 Å². The summed E-state index contributed by atoms with van der Waals surface area (Å²) < 4.78 is 3.67. The zero-order chi connectivity index (χ0) is 25.2. The Morgan fingerprint density at radius 3 is 2.03 bits per heavy atom. The van der Waals surface area contributed by atoms with Crippen molar-refractivity contribution in [2.45, 2.75) is 0 Å². The van der Waals surface area contributed by atoms with Crippen LogP contribution in [0.2, 0.25) is 0 Å². The van der Waals surface area contributed by atoms with Gasteiger partial charge in [0.05, 0.1) is 27.6 Å². The minimum atomic E-state index is -0.103. The van der Waals surface area contributed by atoms with Gasteiger partial charge in [0.15, 0.2) is 5.65 Å². The molecule has 0 N–H and O–H groups in total. The van der Waals surface area contributed by atoms with Crippen LogP contribution in [-0.2, 0) is 0 Å². The molecule has 0 aliphatic carbocycles. The Bertz CT molecular complexity index is 2260. The summed E-state index contributed by atoms with van der Waals surface area (Å²) in [5, 5.41) is 3.60. The molecule has 0 fully saturated rings. The fourth-order valence-corrected chi connectivity index (χ4v) is 5.44. The quantitative estimate of drug-likeness (QED) is 0.258. The van der Waals surface area contributed by atoms with Crippen molar-refractivity contribution in [2.24, 2.45) is 0 Å². The second kappa shape index (κ2) is 7.82. The van der Waals surface area contributed by atoms with Gasteiger partial charge in [0.25, 0.3) is 5.56 Å². The minimum Gasteiger partial charge on any atom is -0.274 e. The molecular weight excluding hydrogens is 470 g/mol. The molecule has 0 spiro atoms. The van der Waals surface area contributed by atoms with E-state index in [1.54, 1.807) is 4.40 Å². The SMILES string of the molecule is O=c1c2ccccc2nc2c3c(ccn12)c1ccccc1n3-c1nc(-c2ccccc2)c2ccccc2n1. The fourth-order valence-electron chi connectivity index (χ4n) is 5.44. The molecule has 0 saturated carbocycles. The summed E-state index contributed by atoms with van der Waals surface area (Å²) in [6.45, 7) is 0. The van der Waals surface area contributed by atoms with Gasteiger partial charge in [0.2, 0.25) is 5.95 Å². The van der Waals surface area contributed by atoms with Crippen molar-refractivity contribution in [2.75, 3.05) is 0 Å². The van der Waals surface area contributed by atoms with Gasteiger partial charge in [0, 0.05) is 27.9 Å². The third-order valence-electron chi connectivity index (χ3n) is 7.16. The highest BCUT2D eigenvalue weighted by molar-refractivity contribution is 6.13. The number of hydrogen-bond donors (Lipinski definition) is 0. The molecule has 4 heterocycles. The van der Waals surface area contributed by atoms with Gasteiger partial charge < -0.3 is 0 Å². The lowest BCUT2D eigenvalue weighted by molar-refractivity contribution is 1.00. The molecule has 0 bridgehead atoms. The second-order valence-electron chi connectivity index (χ2n) is 9.31. The van der Waals surface area contributed by atoms with Crippen molar-refractivity contribution >= 4 is 49.3 Å². The van der Waals surface area contributed by atoms with Gasteiger partial charge in [-0.1, -0.05) is 78.9 Å². The molecular formula is C32H19N5O. The summed E-state index contributed by atoms with van der Waals surface area (Å²) in [6.07, 6.45) is 1.81. The van der Waals surface area contributed by atoms with Crippen molar-refractivity contribution in [1.82, 2.24) is 23.9 Å². The van der Waals surface area contributed by atoms with Crippen molar-refractivity contribution in [1.29, 1.82) is 0 Å². The van der Waals surface area contributed by atoms with Crippen LogP contribution in [0.3, 0.4) is 0 Å². The first-order valence-corrected chi connectivity index (χ1v) is 12.4. The molecule has 0 saturated heterocycles. The van der Waals surface area contributed by atoms with Crippen LogP contribution in [0.5, 0.6) is 0 Å². The zero-order valence-electron chi connectivity index (χ0n) is 20.1. The lowest BCUT2D eigenvalue weighted by Gasteiger charge is -2.12. The summed E-state index contributed by atoms with van der Waals surface area (Å²) in [6, 6.07) is 35.8. The van der Waals surface area contributed by atoms with Gasteiger partial charge in [-0.25, -0.2) is 15.0 Å². The highest BCUT2D eigenvalue weighted by Crippen LogP contribution is 2.35. The van der Waals surface area contributed by atoms with Crippen LogP contribution < -0.4 is 5.56 Å². The molecule has 178 valence electrons. The van der Waals surface area contributed by atoms with Crippen molar-refractivity contribution in [3.05, 3.63) is 126 Å². The normalized spacial score (nSPS) is 11.8. The molecule has 0 unspecified atom stereocenters. The third-order valence-corrected chi connectivity index (χ3v) is 7.16. The van der Waals surface area contributed by atoms with Crippen LogP contribution in [0.1, 0.15) is 0 Å². The molecule has 0 aliphatic heterocycles. The molecule has 8 aromatic rings. The molecule has 4 aromatic carbocycles. The van der Waals surface area contributed by atoms with Crippen LogP contribution in [-0.4, -0.2) is 23.9 Å². The van der Waals surface area contributed by atoms with E-state index in [2.05, 4.69) is 30.3 Å². The summed E-state index contributed by atoms with van der Waals surface area (Å²) >= 11 is 0. The molecule has 0 radical (unpaired) electrons. The Morgan fingerprint density at radius 2 is 1.21 bits per heavy atom.